The fourth-order valence-corrected chi connectivity index (χ4v) is 17.1. The van der Waals surface area contributed by atoms with Gasteiger partial charge in [0.2, 0.25) is 0 Å². The number of aryl methyl sites for hydroxylation is 2. The van der Waals surface area contributed by atoms with Crippen LogP contribution in [-0.4, -0.2) is 68.5 Å². The molecule has 11 atom stereocenters. The van der Waals surface area contributed by atoms with Gasteiger partial charge in [0.25, 0.3) is 0 Å². The number of carbonyl (C=O) groups excluding carboxylic acids is 2. The third kappa shape index (κ3) is 5.63. The first-order chi connectivity index (χ1) is 29.3. The summed E-state index contributed by atoms with van der Waals surface area (Å²) in [7, 11) is 0. The number of aliphatic hydroxyl groups is 2. The molecule has 6 fully saturated rings. The van der Waals surface area contributed by atoms with E-state index in [9.17, 15) is 15.0 Å². The Balaban J connectivity index is 1.09. The number of hydrogen-bond donors (Lipinski definition) is 3. The van der Waals surface area contributed by atoms with E-state index in [1.54, 1.807) is 0 Å². The SMILES string of the molecule is Cc1cc(Cc2cn3c4c(c[nH]c24)CC[C@@](C)(C[C@@H](O)[C@H]2OC2(C)C)C2=C4[C@@H](C3)[C@@H](O)[C@@H]3[C@]5(C)CCC(=O)C(C)(C)[C@@H]5CC[C@@]35CCC[C@H](C2=O)[C@@]45C)cc(C2CCOCC2)c1. The maximum atomic E-state index is 15.8. The lowest BCUT2D eigenvalue weighted by molar-refractivity contribution is -0.243. The fraction of sp³-hybridized carbons (Fsp3) is 0.704. The lowest BCUT2D eigenvalue weighted by Gasteiger charge is -2.72. The molecule has 3 aliphatic heterocycles. The molecule has 5 heterocycles. The maximum Gasteiger partial charge on any atom is 0.163 e. The molecule has 1 spiro atoms. The van der Waals surface area contributed by atoms with Gasteiger partial charge in [-0.1, -0.05) is 64.8 Å². The molecule has 4 saturated carbocycles. The maximum absolute atomic E-state index is 15.8. The van der Waals surface area contributed by atoms with Gasteiger partial charge in [0.15, 0.2) is 5.78 Å². The second kappa shape index (κ2) is 13.7. The van der Waals surface area contributed by atoms with Gasteiger partial charge in [-0.25, -0.2) is 0 Å². The van der Waals surface area contributed by atoms with Crippen molar-refractivity contribution in [3.8, 4) is 0 Å². The number of benzene rings is 1. The number of H-pyrrole nitrogens is 1. The number of ketones is 2. The summed E-state index contributed by atoms with van der Waals surface area (Å²) in [5, 5.41) is 25.8. The Labute approximate surface area is 369 Å². The zero-order chi connectivity index (χ0) is 43.5. The minimum absolute atomic E-state index is 0.0394. The van der Waals surface area contributed by atoms with Crippen molar-refractivity contribution in [2.75, 3.05) is 13.2 Å². The van der Waals surface area contributed by atoms with Crippen molar-refractivity contribution in [2.24, 2.45) is 50.7 Å². The summed E-state index contributed by atoms with van der Waals surface area (Å²) in [6.07, 6.45) is 13.9. The van der Waals surface area contributed by atoms with E-state index in [1.807, 2.05) is 13.8 Å². The predicted octanol–water partition coefficient (Wildman–Crippen LogP) is 9.73. The van der Waals surface area contributed by atoms with E-state index < -0.39 is 28.5 Å². The van der Waals surface area contributed by atoms with Gasteiger partial charge in [-0.05, 0) is 147 Å². The Hall–Kier alpha value is -3.04. The number of hydrogen-bond acceptors (Lipinski definition) is 6. The molecule has 8 heteroatoms. The summed E-state index contributed by atoms with van der Waals surface area (Å²) >= 11 is 0. The summed E-state index contributed by atoms with van der Waals surface area (Å²) in [5.41, 5.74) is 8.66. The molecule has 11 rings (SSSR count). The van der Waals surface area contributed by atoms with Crippen molar-refractivity contribution in [3.05, 3.63) is 69.6 Å². The van der Waals surface area contributed by atoms with Crippen molar-refractivity contribution in [3.63, 3.8) is 0 Å². The van der Waals surface area contributed by atoms with Gasteiger partial charge < -0.3 is 29.2 Å². The van der Waals surface area contributed by atoms with Crippen LogP contribution in [0.15, 0.2) is 41.7 Å². The van der Waals surface area contributed by atoms with Crippen LogP contribution in [0.25, 0.3) is 11.0 Å². The zero-order valence-corrected chi connectivity index (χ0v) is 38.8. The van der Waals surface area contributed by atoms with Gasteiger partial charge in [-0.2, -0.15) is 0 Å². The third-order valence-corrected chi connectivity index (χ3v) is 19.9. The van der Waals surface area contributed by atoms with Crippen LogP contribution in [0.5, 0.6) is 0 Å². The number of fused-ring (bicyclic) bond motifs is 2. The summed E-state index contributed by atoms with van der Waals surface area (Å²) in [4.78, 5) is 33.3. The van der Waals surface area contributed by atoms with Gasteiger partial charge in [0.1, 0.15) is 11.9 Å². The number of aromatic amines is 1. The van der Waals surface area contributed by atoms with Gasteiger partial charge in [-0.3, -0.25) is 9.59 Å². The normalized spacial score (nSPS) is 40.2. The lowest BCUT2D eigenvalue weighted by atomic mass is 9.31. The number of nitrogens with one attached hydrogen (secondary N) is 1. The summed E-state index contributed by atoms with van der Waals surface area (Å²) < 4.78 is 14.3. The molecular weight excluding hydrogens is 773 g/mol. The molecule has 8 nitrogen and oxygen atoms in total. The third-order valence-electron chi connectivity index (χ3n) is 19.9. The first-order valence-corrected chi connectivity index (χ1v) is 24.6. The fourth-order valence-electron chi connectivity index (χ4n) is 17.1. The average Bonchev–Trinajstić information content (AvgIpc) is 3.45. The van der Waals surface area contributed by atoms with Gasteiger partial charge in [0.05, 0.1) is 28.8 Å². The van der Waals surface area contributed by atoms with E-state index in [0.29, 0.717) is 31.1 Å². The van der Waals surface area contributed by atoms with Crippen LogP contribution < -0.4 is 0 Å². The van der Waals surface area contributed by atoms with E-state index in [1.165, 1.54) is 44.4 Å². The Morgan fingerprint density at radius 2 is 1.69 bits per heavy atom. The highest BCUT2D eigenvalue weighted by molar-refractivity contribution is 6.04. The zero-order valence-electron chi connectivity index (χ0n) is 38.8. The van der Waals surface area contributed by atoms with Crippen LogP contribution in [0.2, 0.25) is 0 Å². The molecule has 62 heavy (non-hydrogen) atoms. The van der Waals surface area contributed by atoms with Crippen LogP contribution in [0.1, 0.15) is 153 Å². The van der Waals surface area contributed by atoms with Crippen molar-refractivity contribution < 1.29 is 29.3 Å². The van der Waals surface area contributed by atoms with Crippen LogP contribution in [0.3, 0.4) is 0 Å². The van der Waals surface area contributed by atoms with Gasteiger partial charge in [-0.15, -0.1) is 0 Å². The number of ether oxygens (including phenoxy) is 2. The Kier molecular flexibility index (Phi) is 9.23. The number of Topliss-reactive ketones (excluding diaryl/α,β-unsaturated/α-hetero) is 2. The first kappa shape index (κ1) is 41.7. The molecule has 334 valence electrons. The van der Waals surface area contributed by atoms with E-state index in [0.717, 1.165) is 89.4 Å². The number of aliphatic hydroxyl groups excluding tert-OH is 2. The molecular formula is C54H72N2O6. The van der Waals surface area contributed by atoms with Crippen molar-refractivity contribution in [1.82, 2.24) is 9.55 Å². The van der Waals surface area contributed by atoms with Crippen molar-refractivity contribution >= 4 is 22.6 Å². The van der Waals surface area contributed by atoms with Crippen LogP contribution in [0.4, 0.5) is 0 Å². The standard InChI is InChI=1S/C54H72N2O6/c1-30-22-31(24-34(23-30)32-14-20-61-21-15-32)25-35-28-56-29-36-41-42(51(6,26-38(57)48-50(4,5)62-48)17-11-33-27-55-43(35)44(33)56)46(60)37-10-9-16-54(53(37,41)8)19-12-39-49(2,3)40(58)13-18-52(39,7)47(54)45(36)59/h22-24,27-28,32,36-39,45,47-48,55,57,59H,9-21,25-26,29H2,1-8H3/t36-,37-,38-,39+,45-,47-,48-,51+,52-,53+,54+/m1/s1. The van der Waals surface area contributed by atoms with Crippen molar-refractivity contribution in [2.45, 2.75) is 175 Å². The van der Waals surface area contributed by atoms with Crippen LogP contribution in [-0.2, 0) is 38.4 Å². The van der Waals surface area contributed by atoms with Crippen LogP contribution >= 0.6 is 0 Å². The summed E-state index contributed by atoms with van der Waals surface area (Å²) in [5.74, 6) is 0.869. The number of aromatic nitrogens is 2. The second-order valence-electron chi connectivity index (χ2n) is 23.9. The molecule has 1 aromatic carbocycles. The molecule has 3 aromatic rings. The lowest BCUT2D eigenvalue weighted by Crippen LogP contribution is -2.70. The van der Waals surface area contributed by atoms with E-state index in [-0.39, 0.29) is 52.0 Å². The van der Waals surface area contributed by atoms with Crippen LogP contribution in [0, 0.1) is 57.7 Å². The molecule has 0 bridgehead atoms. The molecule has 5 aliphatic carbocycles. The largest absolute Gasteiger partial charge is 0.392 e. The number of allylic oxidation sites excluding steroid dienone is 1. The highest BCUT2D eigenvalue weighted by atomic mass is 16.6. The summed E-state index contributed by atoms with van der Waals surface area (Å²) in [6.45, 7) is 20.1. The average molecular weight is 845 g/mol. The smallest absolute Gasteiger partial charge is 0.163 e. The highest BCUT2D eigenvalue weighted by Gasteiger charge is 2.76. The Morgan fingerprint density at radius 1 is 0.935 bits per heavy atom. The molecule has 2 aromatic heterocycles. The predicted molar refractivity (Wildman–Crippen MR) is 241 cm³/mol. The molecule has 8 aliphatic rings. The molecule has 0 amide bonds. The number of rotatable bonds is 6. The molecule has 0 unspecified atom stereocenters. The number of epoxide rings is 1. The van der Waals surface area contributed by atoms with E-state index in [4.69, 9.17) is 9.47 Å². The minimum atomic E-state index is -0.707. The Morgan fingerprint density at radius 3 is 2.44 bits per heavy atom. The molecule has 3 N–H and O–H groups in total. The van der Waals surface area contributed by atoms with Gasteiger partial charge in [0, 0.05) is 73.2 Å². The monoisotopic (exact) mass is 845 g/mol. The number of carbonyl (C=O) groups is 2. The quantitative estimate of drug-likeness (QED) is 0.213. The first-order valence-electron chi connectivity index (χ1n) is 24.6. The second-order valence-corrected chi connectivity index (χ2v) is 23.9. The van der Waals surface area contributed by atoms with Gasteiger partial charge >= 0.3 is 0 Å². The minimum Gasteiger partial charge on any atom is -0.392 e. The summed E-state index contributed by atoms with van der Waals surface area (Å²) in [6, 6.07) is 7.14. The Bertz CT molecular complexity index is 2390. The molecule has 0 radical (unpaired) electrons. The topological polar surface area (TPSA) is 117 Å². The van der Waals surface area contributed by atoms with Crippen molar-refractivity contribution in [1.29, 1.82) is 0 Å². The molecule has 2 saturated heterocycles. The highest BCUT2D eigenvalue weighted by Crippen LogP contribution is 2.79. The van der Waals surface area contributed by atoms with E-state index in [2.05, 4.69) is 81.7 Å². The van der Waals surface area contributed by atoms with E-state index >= 15 is 4.79 Å². The number of nitrogens with zero attached hydrogens (tertiary/aromatic N) is 1.